The van der Waals surface area contributed by atoms with E-state index in [1.54, 1.807) is 83.2 Å². The largest absolute Gasteiger partial charge is 0.491 e. The molecular formula is C39H28BClF6N14O4S12. The number of non-ortho nitro benzene ring substituents is 1. The summed E-state index contributed by atoms with van der Waals surface area (Å²) < 4.78 is 86.3. The summed E-state index contributed by atoms with van der Waals surface area (Å²) in [7, 11) is 14.4. The van der Waals surface area contributed by atoms with Gasteiger partial charge in [0.2, 0.25) is 11.9 Å². The van der Waals surface area contributed by atoms with E-state index in [1.165, 1.54) is 75.9 Å². The molecule has 18 nitrogen and oxygen atoms in total. The number of nitrogens with two attached hydrogens (primary N) is 3. The summed E-state index contributed by atoms with van der Waals surface area (Å²) in [5, 5.41) is 54.1. The zero-order chi connectivity index (χ0) is 55.6. The van der Waals surface area contributed by atoms with Gasteiger partial charge in [0, 0.05) is 139 Å². The summed E-state index contributed by atoms with van der Waals surface area (Å²) in [5.74, 6) is -5.74. The lowest BCUT2D eigenvalue weighted by molar-refractivity contribution is -0.385. The molecule has 0 aliphatic heterocycles. The maximum Gasteiger partial charge on any atom is 0.491 e. The molecule has 4 aromatic heterocycles. The molecule has 0 spiro atoms. The summed E-state index contributed by atoms with van der Waals surface area (Å²) in [6.45, 7) is -0.635. The van der Waals surface area contributed by atoms with Crippen molar-refractivity contribution in [1.82, 2.24) is 39.5 Å². The van der Waals surface area contributed by atoms with Crippen molar-refractivity contribution in [3.8, 4) is 23.4 Å². The van der Waals surface area contributed by atoms with E-state index in [2.05, 4.69) is 52.5 Å². The van der Waals surface area contributed by atoms with Gasteiger partial charge in [-0.05, 0) is 30.3 Å². The molecule has 0 bridgehead atoms. The molecule has 77 heavy (non-hydrogen) atoms. The fourth-order valence-corrected chi connectivity index (χ4v) is 28.2. The molecule has 0 atom stereocenters. The fraction of sp³-hybridized carbons (Fsp3) is 0.0769. The number of anilines is 3. The Morgan fingerprint density at radius 3 is 1.60 bits per heavy atom. The van der Waals surface area contributed by atoms with Crippen LogP contribution in [0.4, 0.5) is 49.6 Å². The number of nitrogen functional groups attached to an aromatic ring is 3. The van der Waals surface area contributed by atoms with Gasteiger partial charge in [0.15, 0.2) is 11.3 Å². The van der Waals surface area contributed by atoms with Gasteiger partial charge in [0.25, 0.3) is 5.69 Å². The Hall–Kier alpha value is -5.75. The zero-order valence-electron chi connectivity index (χ0n) is 36.8. The van der Waals surface area contributed by atoms with E-state index in [-0.39, 0.29) is 88.0 Å². The third kappa shape index (κ3) is 17.4. The van der Waals surface area contributed by atoms with Crippen molar-refractivity contribution < 1.29 is 41.3 Å². The number of halogens is 7. The molecule has 0 fully saturated rings. The number of fused-ring (bicyclic) bond motifs is 2. The molecule has 8 N–H and O–H groups in total. The fourth-order valence-electron chi connectivity index (χ4n) is 5.99. The molecule has 8 aromatic rings. The Morgan fingerprint density at radius 1 is 0.675 bits per heavy atom. The smallest absolute Gasteiger partial charge is 0.423 e. The SMILES string of the molecule is C.N#Cc1cccc(-c2nc(N)nc3c2cnn3Cc2c(F)cc(N)cc2F)c1F.N#Cc1cccc(B(O)O)c1F.Nc1nc(Cl)c2cnn(Cc3c(F)cc([N+](=O)[O-])cc3F)c2n1.S=S=S=S=S=S=S=S=S=S=S=S. The van der Waals surface area contributed by atoms with E-state index in [1.807, 2.05) is 0 Å². The highest BCUT2D eigenvalue weighted by molar-refractivity contribution is 8.75. The van der Waals surface area contributed by atoms with Gasteiger partial charge in [-0.1, -0.05) is 37.2 Å². The van der Waals surface area contributed by atoms with Crippen molar-refractivity contribution in [1.29, 1.82) is 10.5 Å². The molecule has 0 aliphatic carbocycles. The number of aromatic nitrogens is 8. The van der Waals surface area contributed by atoms with Crippen LogP contribution in [0.2, 0.25) is 5.15 Å². The summed E-state index contributed by atoms with van der Waals surface area (Å²) in [5.41, 5.74) is 15.2. The molecule has 0 aliphatic rings. The summed E-state index contributed by atoms with van der Waals surface area (Å²) >= 11 is 15.3. The normalized spacial score (nSPS) is 9.96. The minimum Gasteiger partial charge on any atom is -0.423 e. The van der Waals surface area contributed by atoms with Gasteiger partial charge in [0.05, 0.1) is 70.1 Å². The van der Waals surface area contributed by atoms with E-state index in [9.17, 15) is 36.5 Å². The third-order valence-electron chi connectivity index (χ3n) is 9.15. The third-order valence-corrected chi connectivity index (χ3v) is 29.4. The van der Waals surface area contributed by atoms with Crippen LogP contribution in [0, 0.1) is 67.7 Å². The standard InChI is InChI=1S/C19H12F3N7.C12H7ClF2N6O2.C7H5BFNO2.CH4.S12/c20-14-4-10(24)5-15(21)13(14)8-29-18-12(7-26-29)17(27-19(25)28-18)11-3-1-2-9(6-23)16(11)22;13-10-6-3-17-20(11(6)19-12(16)18-10)4-7-8(14)1-5(21(22)23)2-9(7)15;9-7-5(4-10)2-1-3-6(7)8(11)12;;1-3-5-7-9-11-12-10-8-6-4-2/h1-5,7H,8,24H2,(H2,25,27,28);1-3H,4H2,(H2,16,18,19);1-3,11-12H;1H4;. The van der Waals surface area contributed by atoms with Crippen LogP contribution >= 0.6 is 11.6 Å². The summed E-state index contributed by atoms with van der Waals surface area (Å²) in [4.78, 5) is 25.5. The highest BCUT2D eigenvalue weighted by atomic mass is 35.5. The zero-order valence-corrected chi connectivity index (χ0v) is 47.4. The van der Waals surface area contributed by atoms with Crippen LogP contribution in [-0.2, 0) is 124 Å². The first-order valence-corrected chi connectivity index (χ1v) is 34.5. The lowest BCUT2D eigenvalue weighted by Crippen LogP contribution is -2.33. The maximum absolute atomic E-state index is 14.7. The van der Waals surface area contributed by atoms with Crippen molar-refractivity contribution in [3.63, 3.8) is 0 Å². The average Bonchev–Trinajstić information content (AvgIpc) is 3.98. The molecule has 4 heterocycles. The summed E-state index contributed by atoms with van der Waals surface area (Å²) in [6, 6.07) is 14.8. The van der Waals surface area contributed by atoms with E-state index in [0.29, 0.717) is 22.9 Å². The molecule has 0 saturated carbocycles. The van der Waals surface area contributed by atoms with Crippen LogP contribution in [0.1, 0.15) is 29.7 Å². The highest BCUT2D eigenvalue weighted by Crippen LogP contribution is 2.31. The van der Waals surface area contributed by atoms with Crippen LogP contribution < -0.4 is 22.7 Å². The number of hydrogen-bond acceptors (Lipinski definition) is 17. The quantitative estimate of drug-likeness (QED) is 0.0339. The van der Waals surface area contributed by atoms with Gasteiger partial charge in [-0.2, -0.15) is 30.7 Å². The molecule has 38 heteroatoms. The molecule has 4 aromatic carbocycles. The molecular weight excluding hydrogens is 1270 g/mol. The van der Waals surface area contributed by atoms with Crippen molar-refractivity contribution in [2.45, 2.75) is 20.5 Å². The minimum absolute atomic E-state index is 0. The number of hydrogen-bond donors (Lipinski definition) is 5. The number of nitro groups is 1. The number of nitriles is 2. The Morgan fingerprint density at radius 2 is 1.12 bits per heavy atom. The van der Waals surface area contributed by atoms with Crippen molar-refractivity contribution in [2.24, 2.45) is 0 Å². The Labute approximate surface area is 474 Å². The molecule has 0 radical (unpaired) electrons. The molecule has 0 saturated heterocycles. The lowest BCUT2D eigenvalue weighted by Gasteiger charge is -2.09. The van der Waals surface area contributed by atoms with Crippen molar-refractivity contribution in [2.75, 3.05) is 17.2 Å². The Bertz CT molecular complexity index is 4040. The average molecular weight is 1300 g/mol. The highest BCUT2D eigenvalue weighted by Gasteiger charge is 2.22. The van der Waals surface area contributed by atoms with Crippen molar-refractivity contribution in [3.05, 3.63) is 145 Å². The van der Waals surface area contributed by atoms with Gasteiger partial charge in [-0.25, -0.2) is 45.7 Å². The van der Waals surface area contributed by atoms with E-state index in [4.69, 9.17) is 49.4 Å². The topological polar surface area (TPSA) is 296 Å². The number of nitro benzene ring substituents is 1. The number of rotatable bonds is 7. The second-order valence-corrected chi connectivity index (χ2v) is 31.7. The first kappa shape index (κ1) is 63.8. The molecule has 0 unspecified atom stereocenters. The van der Waals surface area contributed by atoms with Gasteiger partial charge < -0.3 is 27.2 Å². The Balaban J connectivity index is 0.000000237. The van der Waals surface area contributed by atoms with Gasteiger partial charge in [0.1, 0.15) is 52.2 Å². The number of nitrogens with zero attached hydrogens (tertiary/aromatic N) is 11. The number of benzene rings is 4. The van der Waals surface area contributed by atoms with Crippen LogP contribution in [0.5, 0.6) is 0 Å². The molecule has 402 valence electrons. The second kappa shape index (κ2) is 31.0. The van der Waals surface area contributed by atoms with Crippen LogP contribution in [0.25, 0.3) is 33.3 Å². The van der Waals surface area contributed by atoms with Crippen molar-refractivity contribution >= 4 is 181 Å². The first-order chi connectivity index (χ1) is 36.3. The monoisotopic (exact) mass is 1300 g/mol. The second-order valence-electron chi connectivity index (χ2n) is 13.6. The summed E-state index contributed by atoms with van der Waals surface area (Å²) in [6.07, 6.45) is 2.67. The Kier molecular flexibility index (Phi) is 25.7. The minimum atomic E-state index is -1.88. The lowest BCUT2D eigenvalue weighted by atomic mass is 9.79. The van der Waals surface area contributed by atoms with Crippen LogP contribution in [-0.4, -0.2) is 61.6 Å². The van der Waals surface area contributed by atoms with E-state index < -0.39 is 58.2 Å². The van der Waals surface area contributed by atoms with Gasteiger partial charge >= 0.3 is 7.12 Å². The van der Waals surface area contributed by atoms with Crippen LogP contribution in [0.3, 0.4) is 0 Å². The van der Waals surface area contributed by atoms with Gasteiger partial charge in [-0.15, -0.1) is 0 Å². The van der Waals surface area contributed by atoms with E-state index >= 15 is 0 Å². The van der Waals surface area contributed by atoms with Crippen LogP contribution in [0.15, 0.2) is 73.1 Å². The first-order valence-electron chi connectivity index (χ1n) is 19.5. The maximum atomic E-state index is 14.7. The predicted octanol–water partition coefficient (Wildman–Crippen LogP) is 5.28. The molecule has 0 amide bonds. The van der Waals surface area contributed by atoms with E-state index in [0.717, 1.165) is 12.1 Å². The van der Waals surface area contributed by atoms with Gasteiger partial charge in [-0.3, -0.25) is 10.1 Å². The predicted molar refractivity (Wildman–Crippen MR) is 313 cm³/mol. The molecule has 8 rings (SSSR count).